The molecule has 1 atom stereocenters. The van der Waals surface area contributed by atoms with Crippen molar-refractivity contribution in [3.8, 4) is 0 Å². The van der Waals surface area contributed by atoms with Crippen LogP contribution in [0.3, 0.4) is 0 Å². The normalized spacial score (nSPS) is 13.3. The number of halogens is 3. The van der Waals surface area contributed by atoms with Crippen LogP contribution < -0.4 is 9.78 Å². The summed E-state index contributed by atoms with van der Waals surface area (Å²) in [5.74, 6) is -0.352. The fraction of sp³-hybridized carbons (Fsp3) is 0.350. The summed E-state index contributed by atoms with van der Waals surface area (Å²) in [6.45, 7) is 3.61. The van der Waals surface area contributed by atoms with Gasteiger partial charge in [0, 0.05) is 0 Å². The number of rotatable bonds is 7. The molecule has 1 unspecified atom stereocenters. The zero-order valence-corrected chi connectivity index (χ0v) is 17.1. The average molecular weight is 444 g/mol. The van der Waals surface area contributed by atoms with Gasteiger partial charge in [-0.2, -0.15) is 0 Å². The van der Waals surface area contributed by atoms with Crippen molar-refractivity contribution < 1.29 is 22.7 Å². The van der Waals surface area contributed by atoms with Crippen LogP contribution in [0.4, 0.5) is 18.9 Å². The zero-order valence-electron chi connectivity index (χ0n) is 15.3. The number of nitrogens with one attached hydrogen (secondary N) is 1. The Bertz CT molecular complexity index is 763. The van der Waals surface area contributed by atoms with Crippen molar-refractivity contribution in [2.24, 2.45) is 0 Å². The Morgan fingerprint density at radius 1 is 1.11 bits per heavy atom. The molecule has 2 aromatic rings. The van der Waals surface area contributed by atoms with Crippen LogP contribution in [0, 0.1) is 6.92 Å². The molecule has 2 rings (SSSR count). The fourth-order valence-corrected chi connectivity index (χ4v) is 4.93. The molecule has 0 saturated carbocycles. The van der Waals surface area contributed by atoms with Gasteiger partial charge in [-0.25, -0.2) is 0 Å². The van der Waals surface area contributed by atoms with Crippen LogP contribution in [0.1, 0.15) is 19.4 Å². The summed E-state index contributed by atoms with van der Waals surface area (Å²) in [5, 5.41) is 2.80. The molecule has 0 radical (unpaired) electrons. The van der Waals surface area contributed by atoms with Crippen molar-refractivity contribution in [1.82, 2.24) is 0 Å². The summed E-state index contributed by atoms with van der Waals surface area (Å²) in [6.07, 6.45) is -4.45. The number of ether oxygens (including phenoxy) is 1. The second kappa shape index (κ2) is 8.91. The van der Waals surface area contributed by atoms with E-state index >= 15 is 0 Å². The molecular weight excluding hydrogens is 422 g/mol. The number of amides is 1. The number of para-hydroxylation sites is 1. The quantitative estimate of drug-likeness (QED) is 0.653. The van der Waals surface area contributed by atoms with E-state index in [9.17, 15) is 18.0 Å². The minimum absolute atomic E-state index is 0.352. The van der Waals surface area contributed by atoms with Crippen molar-refractivity contribution in [2.75, 3.05) is 11.9 Å². The minimum atomic E-state index is -4.45. The number of aryl methyl sites for hydroxylation is 1. The number of hydrogen-bond acceptors (Lipinski definition) is 2. The van der Waals surface area contributed by atoms with E-state index in [0.717, 1.165) is 10.0 Å². The molecule has 0 aliphatic rings. The van der Waals surface area contributed by atoms with Gasteiger partial charge in [-0.1, -0.05) is 0 Å². The van der Waals surface area contributed by atoms with Crippen LogP contribution in [0.15, 0.2) is 54.6 Å². The zero-order chi connectivity index (χ0) is 20.1. The molecule has 0 heterocycles. The van der Waals surface area contributed by atoms with Crippen molar-refractivity contribution in [3.05, 3.63) is 60.2 Å². The van der Waals surface area contributed by atoms with Gasteiger partial charge in [0.15, 0.2) is 0 Å². The molecule has 2 aromatic carbocycles. The van der Waals surface area contributed by atoms with Crippen LogP contribution in [0.2, 0.25) is 4.82 Å². The van der Waals surface area contributed by atoms with Gasteiger partial charge in [0.1, 0.15) is 0 Å². The van der Waals surface area contributed by atoms with Gasteiger partial charge in [-0.15, -0.1) is 0 Å². The molecule has 0 bridgehead atoms. The number of alkyl halides is 3. The molecule has 0 aliphatic carbocycles. The molecule has 1 amide bonds. The predicted octanol–water partition coefficient (Wildman–Crippen LogP) is 4.11. The second-order valence-corrected chi connectivity index (χ2v) is 9.15. The molecule has 146 valence electrons. The SMILES string of the molecule is Cc1cccc([Se]C(C(=O)Nc2ccccc2)C(C)(C)OCC(F)(F)F)c1. The van der Waals surface area contributed by atoms with E-state index in [-0.39, 0.29) is 5.91 Å². The van der Waals surface area contributed by atoms with E-state index in [1.807, 2.05) is 37.3 Å². The van der Waals surface area contributed by atoms with Gasteiger partial charge in [-0.3, -0.25) is 0 Å². The first-order chi connectivity index (χ1) is 12.6. The van der Waals surface area contributed by atoms with Gasteiger partial charge in [0.25, 0.3) is 0 Å². The van der Waals surface area contributed by atoms with Gasteiger partial charge < -0.3 is 0 Å². The molecule has 0 fully saturated rings. The van der Waals surface area contributed by atoms with Crippen molar-refractivity contribution in [1.29, 1.82) is 0 Å². The standard InChI is InChI=1S/C20H22F3NO2Se/c1-14-8-7-11-16(12-14)27-17(19(2,3)26-13-20(21,22)23)18(25)24-15-9-5-4-6-10-15/h4-12,17H,13H2,1-3H3,(H,24,25). The third-order valence-electron chi connectivity index (χ3n) is 3.76. The molecule has 1 N–H and O–H groups in total. The van der Waals surface area contributed by atoms with Gasteiger partial charge in [-0.05, 0) is 0 Å². The molecular formula is C20H22F3NO2Se. The molecule has 0 aromatic heterocycles. The molecule has 0 spiro atoms. The Morgan fingerprint density at radius 2 is 1.78 bits per heavy atom. The molecule has 0 saturated heterocycles. The third kappa shape index (κ3) is 7.01. The predicted molar refractivity (Wildman–Crippen MR) is 101 cm³/mol. The first kappa shape index (κ1) is 21.5. The van der Waals surface area contributed by atoms with Gasteiger partial charge in [0.2, 0.25) is 0 Å². The van der Waals surface area contributed by atoms with Crippen LogP contribution in [-0.2, 0) is 9.53 Å². The summed E-state index contributed by atoms with van der Waals surface area (Å²) in [6, 6.07) is 16.5. The van der Waals surface area contributed by atoms with E-state index in [2.05, 4.69) is 5.32 Å². The summed E-state index contributed by atoms with van der Waals surface area (Å²) in [7, 11) is 0. The molecule has 0 aliphatic heterocycles. The summed E-state index contributed by atoms with van der Waals surface area (Å²) in [5.41, 5.74) is 0.350. The van der Waals surface area contributed by atoms with E-state index < -0.39 is 38.2 Å². The van der Waals surface area contributed by atoms with Crippen LogP contribution >= 0.6 is 0 Å². The summed E-state index contributed by atoms with van der Waals surface area (Å²) in [4.78, 5) is 12.2. The number of carbonyl (C=O) groups is 1. The Morgan fingerprint density at radius 3 is 2.37 bits per heavy atom. The maximum atomic E-state index is 12.9. The Kier molecular flexibility index (Phi) is 7.09. The van der Waals surface area contributed by atoms with E-state index in [1.165, 1.54) is 13.8 Å². The molecule has 27 heavy (non-hydrogen) atoms. The monoisotopic (exact) mass is 445 g/mol. The van der Waals surface area contributed by atoms with E-state index in [4.69, 9.17) is 4.74 Å². The van der Waals surface area contributed by atoms with Crippen LogP contribution in [0.25, 0.3) is 0 Å². The first-order valence-corrected chi connectivity index (χ1v) is 10.2. The van der Waals surface area contributed by atoms with Crippen LogP contribution in [0.5, 0.6) is 0 Å². The number of anilines is 1. The van der Waals surface area contributed by atoms with Gasteiger partial charge in [0.05, 0.1) is 0 Å². The summed E-state index contributed by atoms with van der Waals surface area (Å²) >= 11 is -0.417. The second-order valence-electron chi connectivity index (χ2n) is 6.68. The fourth-order valence-electron chi connectivity index (χ4n) is 2.41. The molecule has 3 nitrogen and oxygen atoms in total. The van der Waals surface area contributed by atoms with Crippen molar-refractivity contribution in [2.45, 2.75) is 37.4 Å². The number of carbonyl (C=O) groups excluding carboxylic acids is 1. The van der Waals surface area contributed by atoms with Gasteiger partial charge >= 0.3 is 163 Å². The van der Waals surface area contributed by atoms with Crippen molar-refractivity contribution >= 4 is 31.0 Å². The van der Waals surface area contributed by atoms with E-state index in [1.54, 1.807) is 24.3 Å². The maximum absolute atomic E-state index is 12.9. The number of hydrogen-bond donors (Lipinski definition) is 1. The van der Waals surface area contributed by atoms with E-state index in [0.29, 0.717) is 5.69 Å². The van der Waals surface area contributed by atoms with Crippen molar-refractivity contribution in [3.63, 3.8) is 0 Å². The molecule has 7 heteroatoms. The number of benzene rings is 2. The third-order valence-corrected chi connectivity index (χ3v) is 7.00. The topological polar surface area (TPSA) is 38.3 Å². The summed E-state index contributed by atoms with van der Waals surface area (Å²) < 4.78 is 44.0. The Hall–Kier alpha value is -1.82. The first-order valence-electron chi connectivity index (χ1n) is 8.37. The Balaban J connectivity index is 2.24. The average Bonchev–Trinajstić information content (AvgIpc) is 2.58. The van der Waals surface area contributed by atoms with Crippen LogP contribution in [-0.4, -0.2) is 39.2 Å². The Labute approximate surface area is 163 Å².